The predicted octanol–water partition coefficient (Wildman–Crippen LogP) is 7.17. The van der Waals surface area contributed by atoms with Crippen LogP contribution in [-0.2, 0) is 6.61 Å². The molecule has 0 amide bonds. The van der Waals surface area contributed by atoms with Crippen LogP contribution in [0.15, 0.2) is 54.6 Å². The van der Waals surface area contributed by atoms with E-state index in [0.29, 0.717) is 41.1 Å². The molecule has 0 saturated carbocycles. The maximum Gasteiger partial charge on any atom is 0.175 e. The number of hydrogen-bond acceptors (Lipinski definition) is 4. The van der Waals surface area contributed by atoms with E-state index in [9.17, 15) is 5.26 Å². The Hall–Kier alpha value is -3.02. The molecule has 33 heavy (non-hydrogen) atoms. The molecule has 0 radical (unpaired) electrons. The van der Waals surface area contributed by atoms with Crippen LogP contribution in [0.3, 0.4) is 0 Å². The molecule has 7 heteroatoms. The number of fused-ring (bicyclic) bond motifs is 1. The van der Waals surface area contributed by atoms with E-state index in [1.807, 2.05) is 68.4 Å². The number of nitriles is 1. The van der Waals surface area contributed by atoms with Crippen LogP contribution in [0.1, 0.15) is 29.4 Å². The van der Waals surface area contributed by atoms with Gasteiger partial charge in [-0.25, -0.2) is 4.98 Å². The van der Waals surface area contributed by atoms with Crippen molar-refractivity contribution in [2.75, 3.05) is 6.61 Å². The standard InChI is InChI=1S/C26H21ClIN3O2/c1-3-32-24-13-17(12-21(28)25(24)33-15-18-6-4-5-7-20(18)27)11-19(14-29)26-30-22-9-8-16(2)10-23(22)31-26/h4-13H,3,15H2,1-2H3,(H,30,31)/b19-11-. The Kier molecular flexibility index (Phi) is 7.21. The van der Waals surface area contributed by atoms with Gasteiger partial charge in [-0.15, -0.1) is 0 Å². The van der Waals surface area contributed by atoms with Crippen molar-refractivity contribution in [3.63, 3.8) is 0 Å². The van der Waals surface area contributed by atoms with E-state index in [0.717, 1.165) is 31.3 Å². The highest BCUT2D eigenvalue weighted by atomic mass is 127. The molecule has 4 rings (SSSR count). The van der Waals surface area contributed by atoms with E-state index in [-0.39, 0.29) is 0 Å². The number of H-pyrrole nitrogens is 1. The van der Waals surface area contributed by atoms with Crippen molar-refractivity contribution in [1.82, 2.24) is 9.97 Å². The fourth-order valence-corrected chi connectivity index (χ4v) is 4.38. The number of halogens is 2. The van der Waals surface area contributed by atoms with E-state index < -0.39 is 0 Å². The van der Waals surface area contributed by atoms with Crippen LogP contribution in [0, 0.1) is 21.8 Å². The molecule has 166 valence electrons. The van der Waals surface area contributed by atoms with Gasteiger partial charge in [0.2, 0.25) is 0 Å². The molecule has 0 fully saturated rings. The topological polar surface area (TPSA) is 70.9 Å². The van der Waals surface area contributed by atoms with Gasteiger partial charge in [0.25, 0.3) is 0 Å². The summed E-state index contributed by atoms with van der Waals surface area (Å²) in [6, 6.07) is 19.6. The van der Waals surface area contributed by atoms with E-state index in [2.05, 4.69) is 38.6 Å². The summed E-state index contributed by atoms with van der Waals surface area (Å²) >= 11 is 8.48. The zero-order valence-electron chi connectivity index (χ0n) is 18.2. The SMILES string of the molecule is CCOc1cc(/C=C(/C#N)c2nc3ccc(C)cc3[nH]2)cc(I)c1OCc1ccccc1Cl. The lowest BCUT2D eigenvalue weighted by Gasteiger charge is -2.15. The van der Waals surface area contributed by atoms with Gasteiger partial charge in [-0.05, 0) is 84.0 Å². The lowest BCUT2D eigenvalue weighted by molar-refractivity contribution is 0.267. The molecule has 0 aliphatic rings. The largest absolute Gasteiger partial charge is 0.490 e. The minimum Gasteiger partial charge on any atom is -0.490 e. The minimum absolute atomic E-state index is 0.326. The Morgan fingerprint density at radius 3 is 2.76 bits per heavy atom. The maximum atomic E-state index is 9.80. The molecule has 1 aromatic heterocycles. The molecule has 0 bridgehead atoms. The summed E-state index contributed by atoms with van der Waals surface area (Å²) in [5.74, 6) is 1.79. The lowest BCUT2D eigenvalue weighted by atomic mass is 10.1. The first-order valence-corrected chi connectivity index (χ1v) is 11.8. The van der Waals surface area contributed by atoms with E-state index in [1.54, 1.807) is 6.08 Å². The molecule has 3 aromatic carbocycles. The third kappa shape index (κ3) is 5.32. The molecule has 4 aromatic rings. The summed E-state index contributed by atoms with van der Waals surface area (Å²) in [7, 11) is 0. The Labute approximate surface area is 211 Å². The van der Waals surface area contributed by atoms with Gasteiger partial charge in [-0.2, -0.15) is 5.26 Å². The van der Waals surface area contributed by atoms with E-state index in [1.165, 1.54) is 0 Å². The van der Waals surface area contributed by atoms with Gasteiger partial charge in [0.1, 0.15) is 18.5 Å². The van der Waals surface area contributed by atoms with Crippen LogP contribution in [0.25, 0.3) is 22.7 Å². The van der Waals surface area contributed by atoms with Crippen molar-refractivity contribution < 1.29 is 9.47 Å². The van der Waals surface area contributed by atoms with Crippen molar-refractivity contribution in [2.24, 2.45) is 0 Å². The highest BCUT2D eigenvalue weighted by Gasteiger charge is 2.14. The number of aromatic amines is 1. The molecule has 1 N–H and O–H groups in total. The number of hydrogen-bond donors (Lipinski definition) is 1. The molecule has 0 atom stereocenters. The summed E-state index contributed by atoms with van der Waals surface area (Å²) in [4.78, 5) is 7.82. The minimum atomic E-state index is 0.326. The normalized spacial score (nSPS) is 11.4. The number of aryl methyl sites for hydroxylation is 1. The molecular formula is C26H21ClIN3O2. The number of aromatic nitrogens is 2. The number of imidazole rings is 1. The summed E-state index contributed by atoms with van der Waals surface area (Å²) in [5.41, 5.74) is 5.01. The van der Waals surface area contributed by atoms with E-state index >= 15 is 0 Å². The first kappa shape index (κ1) is 23.1. The molecule has 0 aliphatic carbocycles. The summed E-state index contributed by atoms with van der Waals surface area (Å²) in [5, 5.41) is 10.5. The number of rotatable bonds is 7. The Morgan fingerprint density at radius 1 is 1.18 bits per heavy atom. The summed E-state index contributed by atoms with van der Waals surface area (Å²) in [6.45, 7) is 4.75. The molecule has 0 unspecified atom stereocenters. The molecule has 0 aliphatic heterocycles. The van der Waals surface area contributed by atoms with Crippen LogP contribution in [-0.4, -0.2) is 16.6 Å². The molecule has 0 spiro atoms. The highest BCUT2D eigenvalue weighted by molar-refractivity contribution is 14.1. The fourth-order valence-electron chi connectivity index (χ4n) is 3.41. The monoisotopic (exact) mass is 569 g/mol. The van der Waals surface area contributed by atoms with Crippen molar-refractivity contribution in [3.05, 3.63) is 85.7 Å². The van der Waals surface area contributed by atoms with Crippen molar-refractivity contribution >= 4 is 56.9 Å². The van der Waals surface area contributed by atoms with E-state index in [4.69, 9.17) is 21.1 Å². The highest BCUT2D eigenvalue weighted by Crippen LogP contribution is 2.36. The van der Waals surface area contributed by atoms with Gasteiger partial charge in [-0.3, -0.25) is 0 Å². The third-order valence-electron chi connectivity index (χ3n) is 4.99. The number of ether oxygens (including phenoxy) is 2. The average Bonchev–Trinajstić information content (AvgIpc) is 3.21. The van der Waals surface area contributed by atoms with Gasteiger partial charge in [0.15, 0.2) is 11.5 Å². The quantitative estimate of drug-likeness (QED) is 0.189. The lowest BCUT2D eigenvalue weighted by Crippen LogP contribution is -2.02. The first-order chi connectivity index (χ1) is 16.0. The van der Waals surface area contributed by atoms with Crippen LogP contribution < -0.4 is 9.47 Å². The van der Waals surface area contributed by atoms with Crippen LogP contribution in [0.5, 0.6) is 11.5 Å². The summed E-state index contributed by atoms with van der Waals surface area (Å²) in [6.07, 6.45) is 1.80. The van der Waals surface area contributed by atoms with Crippen molar-refractivity contribution in [1.29, 1.82) is 5.26 Å². The van der Waals surface area contributed by atoms with Crippen LogP contribution in [0.2, 0.25) is 5.02 Å². The van der Waals surface area contributed by atoms with Crippen LogP contribution >= 0.6 is 34.2 Å². The van der Waals surface area contributed by atoms with Gasteiger partial charge in [-0.1, -0.05) is 35.9 Å². The second kappa shape index (κ2) is 10.3. The van der Waals surface area contributed by atoms with Gasteiger partial charge >= 0.3 is 0 Å². The van der Waals surface area contributed by atoms with Crippen molar-refractivity contribution in [3.8, 4) is 17.6 Å². The van der Waals surface area contributed by atoms with Gasteiger partial charge < -0.3 is 14.5 Å². The zero-order valence-corrected chi connectivity index (χ0v) is 21.1. The Balaban J connectivity index is 1.67. The maximum absolute atomic E-state index is 9.80. The number of allylic oxidation sites excluding steroid dienone is 1. The Morgan fingerprint density at radius 2 is 2.00 bits per heavy atom. The second-order valence-electron chi connectivity index (χ2n) is 7.42. The molecule has 1 heterocycles. The number of nitrogens with one attached hydrogen (secondary N) is 1. The van der Waals surface area contributed by atoms with Crippen molar-refractivity contribution in [2.45, 2.75) is 20.5 Å². The Bertz CT molecular complexity index is 1390. The number of benzene rings is 3. The molecular weight excluding hydrogens is 549 g/mol. The van der Waals surface area contributed by atoms with Crippen LogP contribution in [0.4, 0.5) is 0 Å². The van der Waals surface area contributed by atoms with Gasteiger partial charge in [0, 0.05) is 10.6 Å². The average molecular weight is 570 g/mol. The zero-order chi connectivity index (χ0) is 23.4. The molecule has 0 saturated heterocycles. The molecule has 5 nitrogen and oxygen atoms in total. The third-order valence-corrected chi connectivity index (χ3v) is 6.16. The predicted molar refractivity (Wildman–Crippen MR) is 140 cm³/mol. The summed E-state index contributed by atoms with van der Waals surface area (Å²) < 4.78 is 12.8. The first-order valence-electron chi connectivity index (χ1n) is 10.4. The smallest absolute Gasteiger partial charge is 0.175 e. The number of nitrogens with zero attached hydrogens (tertiary/aromatic N) is 2. The van der Waals surface area contributed by atoms with Gasteiger partial charge in [0.05, 0.1) is 26.8 Å². The second-order valence-corrected chi connectivity index (χ2v) is 8.99. The fraction of sp³-hybridized carbons (Fsp3) is 0.154.